The third kappa shape index (κ3) is 1.10. The summed E-state index contributed by atoms with van der Waals surface area (Å²) in [7, 11) is 1.89. The zero-order valence-corrected chi connectivity index (χ0v) is 8.43. The molecule has 0 saturated heterocycles. The maximum Gasteiger partial charge on any atom is 0.0997 e. The molecule has 3 rings (SSSR count). The van der Waals surface area contributed by atoms with Gasteiger partial charge in [-0.1, -0.05) is 11.6 Å². The lowest BCUT2D eigenvalue weighted by Gasteiger charge is -2.09. The minimum Gasteiger partial charge on any atom is -0.322 e. The number of fused-ring (bicyclic) bond motifs is 1. The average Bonchev–Trinajstić information content (AvgIpc) is 2.56. The SMILES string of the molecule is Cn1cc(C(N)C2C3CCCC32)nn1. The van der Waals surface area contributed by atoms with Gasteiger partial charge in [0.25, 0.3) is 0 Å². The lowest BCUT2D eigenvalue weighted by atomic mass is 10.0. The molecular weight excluding hydrogens is 176 g/mol. The number of nitrogens with two attached hydrogens (primary N) is 1. The summed E-state index contributed by atoms with van der Waals surface area (Å²) in [6.45, 7) is 0. The molecule has 1 heterocycles. The summed E-state index contributed by atoms with van der Waals surface area (Å²) in [4.78, 5) is 0. The quantitative estimate of drug-likeness (QED) is 0.756. The van der Waals surface area contributed by atoms with E-state index in [1.54, 1.807) is 4.68 Å². The summed E-state index contributed by atoms with van der Waals surface area (Å²) in [5, 5.41) is 8.02. The van der Waals surface area contributed by atoms with Crippen LogP contribution in [-0.2, 0) is 7.05 Å². The van der Waals surface area contributed by atoms with Gasteiger partial charge in [0.05, 0.1) is 11.7 Å². The van der Waals surface area contributed by atoms with Crippen molar-refractivity contribution in [3.05, 3.63) is 11.9 Å². The second kappa shape index (κ2) is 2.79. The van der Waals surface area contributed by atoms with Gasteiger partial charge in [-0.25, -0.2) is 0 Å². The van der Waals surface area contributed by atoms with Crippen LogP contribution in [0.3, 0.4) is 0 Å². The molecule has 76 valence electrons. The van der Waals surface area contributed by atoms with Gasteiger partial charge in [0.15, 0.2) is 0 Å². The van der Waals surface area contributed by atoms with Gasteiger partial charge in [-0.15, -0.1) is 5.10 Å². The molecule has 14 heavy (non-hydrogen) atoms. The predicted molar refractivity (Wildman–Crippen MR) is 52.3 cm³/mol. The van der Waals surface area contributed by atoms with Crippen molar-refractivity contribution < 1.29 is 0 Å². The van der Waals surface area contributed by atoms with Crippen molar-refractivity contribution in [2.24, 2.45) is 30.5 Å². The highest BCUT2D eigenvalue weighted by Crippen LogP contribution is 2.61. The molecular formula is C10H16N4. The zero-order valence-electron chi connectivity index (χ0n) is 8.43. The summed E-state index contributed by atoms with van der Waals surface area (Å²) < 4.78 is 1.73. The average molecular weight is 192 g/mol. The monoisotopic (exact) mass is 192 g/mol. The second-order valence-corrected chi connectivity index (χ2v) is 4.68. The molecule has 2 N–H and O–H groups in total. The number of aromatic nitrogens is 3. The van der Waals surface area contributed by atoms with Crippen molar-refractivity contribution in [3.8, 4) is 0 Å². The molecule has 0 radical (unpaired) electrons. The lowest BCUT2D eigenvalue weighted by Crippen LogP contribution is -2.15. The molecule has 1 aromatic rings. The Hall–Kier alpha value is -0.900. The smallest absolute Gasteiger partial charge is 0.0997 e. The van der Waals surface area contributed by atoms with Crippen LogP contribution in [-0.4, -0.2) is 15.0 Å². The highest BCUT2D eigenvalue weighted by Gasteiger charge is 2.55. The van der Waals surface area contributed by atoms with Crippen LogP contribution in [0.4, 0.5) is 0 Å². The van der Waals surface area contributed by atoms with Crippen LogP contribution in [0.1, 0.15) is 31.0 Å². The summed E-state index contributed by atoms with van der Waals surface area (Å²) in [5.74, 6) is 2.49. The van der Waals surface area contributed by atoms with E-state index in [2.05, 4.69) is 10.3 Å². The first-order chi connectivity index (χ1) is 6.77. The maximum atomic E-state index is 6.19. The van der Waals surface area contributed by atoms with Crippen LogP contribution < -0.4 is 5.73 Å². The number of rotatable bonds is 2. The maximum absolute atomic E-state index is 6.19. The third-order valence-electron chi connectivity index (χ3n) is 3.85. The molecule has 3 atom stereocenters. The van der Waals surface area contributed by atoms with Crippen molar-refractivity contribution >= 4 is 0 Å². The van der Waals surface area contributed by atoms with Crippen LogP contribution in [0.2, 0.25) is 0 Å². The van der Waals surface area contributed by atoms with Gasteiger partial charge >= 0.3 is 0 Å². The predicted octanol–water partition coefficient (Wildman–Crippen LogP) is 0.861. The molecule has 0 aliphatic heterocycles. The van der Waals surface area contributed by atoms with E-state index in [0.717, 1.165) is 17.5 Å². The molecule has 2 fully saturated rings. The number of hydrogen-bond acceptors (Lipinski definition) is 3. The van der Waals surface area contributed by atoms with Crippen LogP contribution >= 0.6 is 0 Å². The van der Waals surface area contributed by atoms with Gasteiger partial charge in [-0.3, -0.25) is 4.68 Å². The Morgan fingerprint density at radius 1 is 1.50 bits per heavy atom. The first kappa shape index (κ1) is 8.41. The van der Waals surface area contributed by atoms with Gasteiger partial charge < -0.3 is 5.73 Å². The Labute approximate surface area is 83.5 Å². The molecule has 3 unspecified atom stereocenters. The van der Waals surface area contributed by atoms with Crippen LogP contribution in [0.15, 0.2) is 6.20 Å². The van der Waals surface area contributed by atoms with E-state index < -0.39 is 0 Å². The third-order valence-corrected chi connectivity index (χ3v) is 3.85. The first-order valence-corrected chi connectivity index (χ1v) is 5.39. The molecule has 4 heteroatoms. The van der Waals surface area contributed by atoms with E-state index in [4.69, 9.17) is 5.73 Å². The molecule has 0 aromatic carbocycles. The molecule has 0 amide bonds. The van der Waals surface area contributed by atoms with Gasteiger partial charge in [0, 0.05) is 13.2 Å². The van der Waals surface area contributed by atoms with E-state index in [-0.39, 0.29) is 6.04 Å². The molecule has 0 bridgehead atoms. The van der Waals surface area contributed by atoms with Crippen LogP contribution in [0.5, 0.6) is 0 Å². The minimum absolute atomic E-state index is 0.124. The Balaban J connectivity index is 1.75. The minimum atomic E-state index is 0.124. The summed E-state index contributed by atoms with van der Waals surface area (Å²) in [6, 6.07) is 0.124. The van der Waals surface area contributed by atoms with Crippen LogP contribution in [0.25, 0.3) is 0 Å². The summed E-state index contributed by atoms with van der Waals surface area (Å²) in [6.07, 6.45) is 6.10. The normalized spacial score (nSPS) is 36.9. The highest BCUT2D eigenvalue weighted by atomic mass is 15.4. The molecule has 2 saturated carbocycles. The number of aryl methyl sites for hydroxylation is 1. The molecule has 0 spiro atoms. The van der Waals surface area contributed by atoms with E-state index >= 15 is 0 Å². The summed E-state index contributed by atoms with van der Waals surface area (Å²) in [5.41, 5.74) is 7.15. The fourth-order valence-electron chi connectivity index (χ4n) is 3.12. The van der Waals surface area contributed by atoms with Crippen molar-refractivity contribution in [2.45, 2.75) is 25.3 Å². The Morgan fingerprint density at radius 3 is 2.79 bits per heavy atom. The van der Waals surface area contributed by atoms with E-state index in [9.17, 15) is 0 Å². The van der Waals surface area contributed by atoms with Gasteiger partial charge in [0.2, 0.25) is 0 Å². The number of nitrogens with zero attached hydrogens (tertiary/aromatic N) is 3. The van der Waals surface area contributed by atoms with E-state index in [0.29, 0.717) is 5.92 Å². The van der Waals surface area contributed by atoms with Crippen molar-refractivity contribution in [1.29, 1.82) is 0 Å². The lowest BCUT2D eigenvalue weighted by molar-refractivity contribution is 0.493. The van der Waals surface area contributed by atoms with E-state index in [1.165, 1.54) is 19.3 Å². The fraction of sp³-hybridized carbons (Fsp3) is 0.800. The molecule has 2 aliphatic carbocycles. The van der Waals surface area contributed by atoms with Crippen molar-refractivity contribution in [1.82, 2.24) is 15.0 Å². The Bertz CT molecular complexity index is 336. The highest BCUT2D eigenvalue weighted by molar-refractivity contribution is 5.13. The van der Waals surface area contributed by atoms with E-state index in [1.807, 2.05) is 13.2 Å². The first-order valence-electron chi connectivity index (χ1n) is 5.39. The fourth-order valence-corrected chi connectivity index (χ4v) is 3.12. The molecule has 1 aromatic heterocycles. The molecule has 2 aliphatic rings. The molecule has 4 nitrogen and oxygen atoms in total. The van der Waals surface area contributed by atoms with Gasteiger partial charge in [-0.05, 0) is 30.6 Å². The summed E-state index contributed by atoms with van der Waals surface area (Å²) >= 11 is 0. The zero-order chi connectivity index (χ0) is 9.71. The largest absolute Gasteiger partial charge is 0.322 e. The van der Waals surface area contributed by atoms with Gasteiger partial charge in [-0.2, -0.15) is 0 Å². The Morgan fingerprint density at radius 2 is 2.21 bits per heavy atom. The number of hydrogen-bond donors (Lipinski definition) is 1. The topological polar surface area (TPSA) is 56.7 Å². The van der Waals surface area contributed by atoms with Crippen molar-refractivity contribution in [2.75, 3.05) is 0 Å². The Kier molecular flexibility index (Phi) is 1.68. The van der Waals surface area contributed by atoms with Crippen molar-refractivity contribution in [3.63, 3.8) is 0 Å². The second-order valence-electron chi connectivity index (χ2n) is 4.68. The standard InChI is InChI=1S/C10H16N4/c1-14-5-8(12-13-14)10(11)9-6-3-2-4-7(6)9/h5-7,9-10H,2-4,11H2,1H3. The van der Waals surface area contributed by atoms with Crippen LogP contribution in [0, 0.1) is 17.8 Å². The van der Waals surface area contributed by atoms with Gasteiger partial charge in [0.1, 0.15) is 0 Å².